The summed E-state index contributed by atoms with van der Waals surface area (Å²) >= 11 is 0. The van der Waals surface area contributed by atoms with Crippen molar-refractivity contribution >= 4 is 11.9 Å². The van der Waals surface area contributed by atoms with Crippen molar-refractivity contribution in [3.63, 3.8) is 0 Å². The largest absolute Gasteiger partial charge is 0.496 e. The van der Waals surface area contributed by atoms with Gasteiger partial charge in [0.15, 0.2) is 11.5 Å². The van der Waals surface area contributed by atoms with Crippen molar-refractivity contribution in [2.45, 2.75) is 45.4 Å². The van der Waals surface area contributed by atoms with E-state index >= 15 is 0 Å². The van der Waals surface area contributed by atoms with Gasteiger partial charge in [-0.1, -0.05) is 32.6 Å². The molecule has 0 saturated carbocycles. The molecule has 0 atom stereocenters. The molecule has 0 heterocycles. The Bertz CT molecular complexity index is 540. The van der Waals surface area contributed by atoms with Gasteiger partial charge in [-0.25, -0.2) is 4.79 Å². The lowest BCUT2D eigenvalue weighted by Gasteiger charge is -2.11. The maximum Gasteiger partial charge on any atom is 0.339 e. The van der Waals surface area contributed by atoms with E-state index in [9.17, 15) is 9.59 Å². The van der Waals surface area contributed by atoms with Crippen LogP contribution in [0, 0.1) is 0 Å². The molecule has 0 saturated heterocycles. The summed E-state index contributed by atoms with van der Waals surface area (Å²) in [5.74, 6) is -0.723. The first kappa shape index (κ1) is 22.6. The maximum absolute atomic E-state index is 10.9. The zero-order valence-electron chi connectivity index (χ0n) is 15.3. The summed E-state index contributed by atoms with van der Waals surface area (Å²) in [6.45, 7) is 2.15. The molecular weight excluding hydrogens is 328 g/mol. The van der Waals surface area contributed by atoms with Crippen LogP contribution >= 0.6 is 0 Å². The number of carboxylic acid groups (broad SMARTS) is 2. The van der Waals surface area contributed by atoms with E-state index in [1.807, 2.05) is 0 Å². The van der Waals surface area contributed by atoms with Crippen LogP contribution in [0.25, 0.3) is 0 Å². The summed E-state index contributed by atoms with van der Waals surface area (Å²) in [5, 5.41) is 17.2. The van der Waals surface area contributed by atoms with Crippen molar-refractivity contribution in [2.24, 2.45) is 0 Å². The number of ether oxygens (including phenoxy) is 3. The van der Waals surface area contributed by atoms with E-state index in [4.69, 9.17) is 24.4 Å². The lowest BCUT2D eigenvalue weighted by atomic mass is 10.1. The summed E-state index contributed by atoms with van der Waals surface area (Å²) in [7, 11) is 4.31. The van der Waals surface area contributed by atoms with Gasteiger partial charge in [0.25, 0.3) is 0 Å². The molecule has 25 heavy (non-hydrogen) atoms. The minimum Gasteiger partial charge on any atom is -0.496 e. The molecule has 0 aromatic heterocycles. The average Bonchev–Trinajstić information content (AvgIpc) is 2.60. The number of benzene rings is 1. The Morgan fingerprint density at radius 2 is 1.36 bits per heavy atom. The van der Waals surface area contributed by atoms with Crippen LogP contribution < -0.4 is 14.2 Å². The van der Waals surface area contributed by atoms with E-state index in [1.165, 1.54) is 52.7 Å². The third kappa shape index (κ3) is 8.83. The number of carboxylic acids is 2. The molecule has 0 aliphatic rings. The van der Waals surface area contributed by atoms with E-state index in [0.29, 0.717) is 17.9 Å². The van der Waals surface area contributed by atoms with Gasteiger partial charge >= 0.3 is 11.9 Å². The van der Waals surface area contributed by atoms with Gasteiger partial charge in [-0.3, -0.25) is 4.79 Å². The van der Waals surface area contributed by atoms with Gasteiger partial charge in [0.05, 0.1) is 21.3 Å². The van der Waals surface area contributed by atoms with Crippen LogP contribution in [0.2, 0.25) is 0 Å². The first-order chi connectivity index (χ1) is 11.9. The zero-order chi connectivity index (χ0) is 19.2. The number of hydrogen-bond donors (Lipinski definition) is 2. The Labute approximate surface area is 148 Å². The van der Waals surface area contributed by atoms with E-state index in [2.05, 4.69) is 6.92 Å². The molecule has 0 fully saturated rings. The SMILES string of the molecule is CCCCCCCC(=O)O.COc1cc(OC)c(C(=O)O)cc1OC. The third-order valence-electron chi connectivity index (χ3n) is 3.43. The van der Waals surface area contributed by atoms with E-state index in [0.717, 1.165) is 12.8 Å². The summed E-state index contributed by atoms with van der Waals surface area (Å²) in [5.41, 5.74) is 0.0372. The van der Waals surface area contributed by atoms with Gasteiger partial charge in [-0.15, -0.1) is 0 Å². The lowest BCUT2D eigenvalue weighted by molar-refractivity contribution is -0.137. The fraction of sp³-hybridized carbons (Fsp3) is 0.556. The van der Waals surface area contributed by atoms with E-state index in [-0.39, 0.29) is 11.3 Å². The quantitative estimate of drug-likeness (QED) is 0.614. The molecule has 0 aliphatic heterocycles. The highest BCUT2D eigenvalue weighted by Crippen LogP contribution is 2.34. The van der Waals surface area contributed by atoms with Crippen molar-refractivity contribution in [3.8, 4) is 17.2 Å². The maximum atomic E-state index is 10.9. The lowest BCUT2D eigenvalue weighted by Crippen LogP contribution is -2.02. The third-order valence-corrected chi connectivity index (χ3v) is 3.43. The standard InChI is InChI=1S/C10H12O5.C8H16O2/c1-13-7-5-9(15-3)8(14-2)4-6(7)10(11)12;1-2-3-4-5-6-7-8(9)10/h4-5H,1-3H3,(H,11,12);2-7H2,1H3,(H,9,10). The van der Waals surface area contributed by atoms with E-state index < -0.39 is 11.9 Å². The first-order valence-electron chi connectivity index (χ1n) is 8.16. The summed E-state index contributed by atoms with van der Waals surface area (Å²) in [6.07, 6.45) is 5.88. The van der Waals surface area contributed by atoms with Gasteiger partial charge in [0, 0.05) is 18.6 Å². The highest BCUT2D eigenvalue weighted by Gasteiger charge is 2.16. The molecule has 0 amide bonds. The van der Waals surface area contributed by atoms with Gasteiger partial charge in [0.1, 0.15) is 11.3 Å². The molecule has 0 unspecified atom stereocenters. The van der Waals surface area contributed by atoms with Crippen LogP contribution in [0.4, 0.5) is 0 Å². The predicted molar refractivity (Wildman–Crippen MR) is 94.1 cm³/mol. The molecular formula is C18H28O7. The number of aromatic carboxylic acids is 1. The second kappa shape index (κ2) is 12.9. The van der Waals surface area contributed by atoms with Crippen molar-refractivity contribution < 1.29 is 34.0 Å². The van der Waals surface area contributed by atoms with Crippen LogP contribution in [0.1, 0.15) is 55.8 Å². The van der Waals surface area contributed by atoms with Gasteiger partial charge in [-0.2, -0.15) is 0 Å². The van der Waals surface area contributed by atoms with Crippen molar-refractivity contribution in [2.75, 3.05) is 21.3 Å². The smallest absolute Gasteiger partial charge is 0.339 e. The highest BCUT2D eigenvalue weighted by atomic mass is 16.5. The summed E-state index contributed by atoms with van der Waals surface area (Å²) < 4.78 is 14.9. The molecule has 1 rings (SSSR count). The van der Waals surface area contributed by atoms with Crippen LogP contribution in [0.15, 0.2) is 12.1 Å². The van der Waals surface area contributed by atoms with Crippen LogP contribution in [0.3, 0.4) is 0 Å². The van der Waals surface area contributed by atoms with Gasteiger partial charge in [-0.05, 0) is 6.42 Å². The number of carbonyl (C=O) groups is 2. The van der Waals surface area contributed by atoms with Gasteiger partial charge in [0.2, 0.25) is 0 Å². The number of rotatable bonds is 10. The van der Waals surface area contributed by atoms with Crippen molar-refractivity contribution in [1.82, 2.24) is 0 Å². The minimum atomic E-state index is -1.08. The highest BCUT2D eigenvalue weighted by molar-refractivity contribution is 5.92. The summed E-state index contributed by atoms with van der Waals surface area (Å²) in [4.78, 5) is 20.9. The van der Waals surface area contributed by atoms with Crippen LogP contribution in [0.5, 0.6) is 17.2 Å². The Balaban J connectivity index is 0.000000504. The number of unbranched alkanes of at least 4 members (excludes halogenated alkanes) is 4. The number of hydrogen-bond acceptors (Lipinski definition) is 5. The minimum absolute atomic E-state index is 0.0372. The fourth-order valence-electron chi connectivity index (χ4n) is 2.08. The van der Waals surface area contributed by atoms with Gasteiger partial charge < -0.3 is 24.4 Å². The normalized spacial score (nSPS) is 9.60. The number of aliphatic carboxylic acids is 1. The molecule has 1 aromatic rings. The Hall–Kier alpha value is -2.44. The zero-order valence-corrected chi connectivity index (χ0v) is 15.3. The average molecular weight is 356 g/mol. The Morgan fingerprint density at radius 1 is 0.840 bits per heavy atom. The molecule has 0 spiro atoms. The molecule has 2 N–H and O–H groups in total. The fourth-order valence-corrected chi connectivity index (χ4v) is 2.08. The number of methoxy groups -OCH3 is 3. The molecule has 0 aliphatic carbocycles. The Morgan fingerprint density at radius 3 is 1.80 bits per heavy atom. The first-order valence-corrected chi connectivity index (χ1v) is 8.16. The second-order valence-electron chi connectivity index (χ2n) is 5.27. The molecule has 0 bridgehead atoms. The topological polar surface area (TPSA) is 102 Å². The summed E-state index contributed by atoms with van der Waals surface area (Å²) in [6, 6.07) is 2.84. The second-order valence-corrected chi connectivity index (χ2v) is 5.27. The molecule has 1 aromatic carbocycles. The predicted octanol–water partition coefficient (Wildman–Crippen LogP) is 3.84. The molecule has 7 nitrogen and oxygen atoms in total. The Kier molecular flexibility index (Phi) is 11.7. The molecule has 0 radical (unpaired) electrons. The van der Waals surface area contributed by atoms with E-state index in [1.54, 1.807) is 0 Å². The van der Waals surface area contributed by atoms with Crippen molar-refractivity contribution in [1.29, 1.82) is 0 Å². The molecule has 7 heteroatoms. The van der Waals surface area contributed by atoms with Crippen molar-refractivity contribution in [3.05, 3.63) is 17.7 Å². The molecule has 142 valence electrons. The van der Waals surface area contributed by atoms with Crippen LogP contribution in [-0.4, -0.2) is 43.5 Å². The van der Waals surface area contributed by atoms with Crippen LogP contribution in [-0.2, 0) is 4.79 Å². The monoisotopic (exact) mass is 356 g/mol.